The molecular weight excluding hydrogens is 342 g/mol. The van der Waals surface area contributed by atoms with E-state index in [1.807, 2.05) is 49.4 Å². The molecular formula is C21H28N3O3+. The van der Waals surface area contributed by atoms with Gasteiger partial charge in [0.05, 0.1) is 39.0 Å². The van der Waals surface area contributed by atoms with Crippen molar-refractivity contribution in [1.82, 2.24) is 5.32 Å². The van der Waals surface area contributed by atoms with E-state index in [1.54, 1.807) is 13.2 Å². The predicted molar refractivity (Wildman–Crippen MR) is 105 cm³/mol. The molecule has 1 fully saturated rings. The van der Waals surface area contributed by atoms with Crippen molar-refractivity contribution in [2.24, 2.45) is 0 Å². The Morgan fingerprint density at radius 2 is 1.85 bits per heavy atom. The summed E-state index contributed by atoms with van der Waals surface area (Å²) in [5, 5.41) is 13.0. The Morgan fingerprint density at radius 3 is 2.48 bits per heavy atom. The van der Waals surface area contributed by atoms with Crippen LogP contribution in [0.3, 0.4) is 0 Å². The molecule has 27 heavy (non-hydrogen) atoms. The summed E-state index contributed by atoms with van der Waals surface area (Å²) in [7, 11) is 1.64. The second-order valence-electron chi connectivity index (χ2n) is 6.92. The zero-order chi connectivity index (χ0) is 19.2. The Morgan fingerprint density at radius 1 is 1.19 bits per heavy atom. The highest BCUT2D eigenvalue weighted by Crippen LogP contribution is 2.26. The minimum absolute atomic E-state index is 0.0665. The molecule has 1 amide bonds. The molecule has 0 aliphatic carbocycles. The van der Waals surface area contributed by atoms with Gasteiger partial charge in [0.1, 0.15) is 11.5 Å². The Hall–Kier alpha value is -2.73. The van der Waals surface area contributed by atoms with Crippen LogP contribution in [0.1, 0.15) is 12.5 Å². The first-order chi connectivity index (χ1) is 13.1. The number of carbonyl (C=O) groups is 1. The molecule has 0 radical (unpaired) electrons. The fourth-order valence-corrected chi connectivity index (χ4v) is 3.47. The van der Waals surface area contributed by atoms with E-state index in [4.69, 9.17) is 4.74 Å². The highest BCUT2D eigenvalue weighted by atomic mass is 16.5. The zero-order valence-corrected chi connectivity index (χ0v) is 15.9. The Bertz CT molecular complexity index is 756. The molecule has 144 valence electrons. The van der Waals surface area contributed by atoms with Gasteiger partial charge in [-0.25, -0.2) is 0 Å². The van der Waals surface area contributed by atoms with E-state index in [2.05, 4.69) is 10.2 Å². The van der Waals surface area contributed by atoms with Crippen molar-refractivity contribution in [3.63, 3.8) is 0 Å². The molecule has 0 aromatic heterocycles. The molecule has 3 N–H and O–H groups in total. The lowest BCUT2D eigenvalue weighted by molar-refractivity contribution is -0.914. The number of hydrogen-bond acceptors (Lipinski definition) is 4. The molecule has 1 atom stereocenters. The van der Waals surface area contributed by atoms with Crippen LogP contribution in [0.4, 0.5) is 5.69 Å². The number of phenols is 1. The Kier molecular flexibility index (Phi) is 6.19. The van der Waals surface area contributed by atoms with Crippen LogP contribution >= 0.6 is 0 Å². The molecule has 0 bridgehead atoms. The smallest absolute Gasteiger partial charge is 0.278 e. The second-order valence-corrected chi connectivity index (χ2v) is 6.92. The maximum atomic E-state index is 12.5. The fraction of sp³-hybridized carbons (Fsp3) is 0.381. The van der Waals surface area contributed by atoms with Crippen molar-refractivity contribution in [1.29, 1.82) is 0 Å². The number of amides is 1. The third kappa shape index (κ3) is 4.71. The van der Waals surface area contributed by atoms with Gasteiger partial charge < -0.3 is 25.0 Å². The van der Waals surface area contributed by atoms with Crippen LogP contribution in [-0.2, 0) is 11.3 Å². The van der Waals surface area contributed by atoms with E-state index < -0.39 is 0 Å². The summed E-state index contributed by atoms with van der Waals surface area (Å²) >= 11 is 0. The van der Waals surface area contributed by atoms with E-state index in [0.29, 0.717) is 12.3 Å². The van der Waals surface area contributed by atoms with Gasteiger partial charge in [0.2, 0.25) is 0 Å². The van der Waals surface area contributed by atoms with E-state index >= 15 is 0 Å². The molecule has 2 aromatic rings. The second kappa shape index (κ2) is 8.77. The summed E-state index contributed by atoms with van der Waals surface area (Å²) in [6, 6.07) is 15.0. The first-order valence-electron chi connectivity index (χ1n) is 9.36. The quantitative estimate of drug-likeness (QED) is 0.704. The average molecular weight is 370 g/mol. The zero-order valence-electron chi connectivity index (χ0n) is 15.9. The van der Waals surface area contributed by atoms with Gasteiger partial charge in [-0.3, -0.25) is 4.79 Å². The monoisotopic (exact) mass is 370 g/mol. The number of anilines is 1. The van der Waals surface area contributed by atoms with Gasteiger partial charge in [-0.2, -0.15) is 0 Å². The van der Waals surface area contributed by atoms with Crippen molar-refractivity contribution in [3.05, 3.63) is 54.1 Å². The van der Waals surface area contributed by atoms with E-state index in [9.17, 15) is 9.90 Å². The maximum Gasteiger partial charge on any atom is 0.278 e. The molecule has 1 saturated heterocycles. The number of benzene rings is 2. The largest absolute Gasteiger partial charge is 0.506 e. The SMILES string of the molecule is COc1ccc(CNC(=O)[C@@H](C)[NH+]2CCN(c3ccccc3O)CC2)cc1. The minimum atomic E-state index is -0.102. The van der Waals surface area contributed by atoms with Gasteiger partial charge in [0, 0.05) is 6.54 Å². The molecule has 0 saturated carbocycles. The third-order valence-electron chi connectivity index (χ3n) is 5.26. The normalized spacial score (nSPS) is 16.0. The molecule has 6 nitrogen and oxygen atoms in total. The van der Waals surface area contributed by atoms with Crippen LogP contribution in [0.25, 0.3) is 0 Å². The molecule has 6 heteroatoms. The van der Waals surface area contributed by atoms with Crippen molar-refractivity contribution >= 4 is 11.6 Å². The molecule has 0 unspecified atom stereocenters. The number of hydrogen-bond donors (Lipinski definition) is 3. The molecule has 0 spiro atoms. The standard InChI is InChI=1S/C21H27N3O3/c1-16(21(26)22-15-17-7-9-18(27-2)10-8-17)23-11-13-24(14-12-23)19-5-3-4-6-20(19)25/h3-10,16,25H,11-15H2,1-2H3,(H,22,26)/p+1/t16-/m1/s1. The summed E-state index contributed by atoms with van der Waals surface area (Å²) in [5.41, 5.74) is 1.92. The number of rotatable bonds is 6. The summed E-state index contributed by atoms with van der Waals surface area (Å²) in [5.74, 6) is 1.19. The highest BCUT2D eigenvalue weighted by molar-refractivity contribution is 5.79. The minimum Gasteiger partial charge on any atom is -0.506 e. The van der Waals surface area contributed by atoms with E-state index in [0.717, 1.165) is 43.2 Å². The highest BCUT2D eigenvalue weighted by Gasteiger charge is 2.29. The number of piperazine rings is 1. The Labute approximate surface area is 160 Å². The van der Waals surface area contributed by atoms with Crippen molar-refractivity contribution in [2.45, 2.75) is 19.5 Å². The first-order valence-corrected chi connectivity index (χ1v) is 9.36. The predicted octanol–water partition coefficient (Wildman–Crippen LogP) is 0.811. The molecule has 3 rings (SSSR count). The van der Waals surface area contributed by atoms with Crippen LogP contribution in [0.5, 0.6) is 11.5 Å². The third-order valence-corrected chi connectivity index (χ3v) is 5.26. The number of quaternary nitrogens is 1. The molecule has 1 aliphatic heterocycles. The number of nitrogens with one attached hydrogen (secondary N) is 2. The summed E-state index contributed by atoms with van der Waals surface area (Å²) in [4.78, 5) is 16.0. The van der Waals surface area contributed by atoms with E-state index in [1.165, 1.54) is 4.90 Å². The lowest BCUT2D eigenvalue weighted by Crippen LogP contribution is -3.19. The number of methoxy groups -OCH3 is 1. The van der Waals surface area contributed by atoms with Gasteiger partial charge in [0.25, 0.3) is 5.91 Å². The average Bonchev–Trinajstić information content (AvgIpc) is 2.72. The van der Waals surface area contributed by atoms with Crippen molar-refractivity contribution < 1.29 is 19.5 Å². The Balaban J connectivity index is 1.48. The van der Waals surface area contributed by atoms with Crippen molar-refractivity contribution in [3.8, 4) is 11.5 Å². The number of nitrogens with zero attached hydrogens (tertiary/aromatic N) is 1. The number of ether oxygens (including phenoxy) is 1. The lowest BCUT2D eigenvalue weighted by Gasteiger charge is -2.36. The summed E-state index contributed by atoms with van der Waals surface area (Å²) in [6.07, 6.45) is 0. The molecule has 1 aliphatic rings. The summed E-state index contributed by atoms with van der Waals surface area (Å²) < 4.78 is 5.15. The van der Waals surface area contributed by atoms with Gasteiger partial charge in [-0.1, -0.05) is 24.3 Å². The lowest BCUT2D eigenvalue weighted by atomic mass is 10.1. The number of para-hydroxylation sites is 2. The molecule has 1 heterocycles. The fourth-order valence-electron chi connectivity index (χ4n) is 3.47. The molecule has 2 aromatic carbocycles. The van der Waals surface area contributed by atoms with Crippen molar-refractivity contribution in [2.75, 3.05) is 38.2 Å². The van der Waals surface area contributed by atoms with Crippen LogP contribution < -0.4 is 19.9 Å². The van der Waals surface area contributed by atoms with Crippen LogP contribution in [-0.4, -0.2) is 50.3 Å². The van der Waals surface area contributed by atoms with Gasteiger partial charge in [-0.05, 0) is 36.8 Å². The van der Waals surface area contributed by atoms with Gasteiger partial charge >= 0.3 is 0 Å². The maximum absolute atomic E-state index is 12.5. The van der Waals surface area contributed by atoms with Crippen LogP contribution in [0.2, 0.25) is 0 Å². The van der Waals surface area contributed by atoms with Crippen LogP contribution in [0, 0.1) is 0 Å². The van der Waals surface area contributed by atoms with Gasteiger partial charge in [-0.15, -0.1) is 0 Å². The summed E-state index contributed by atoms with van der Waals surface area (Å²) in [6.45, 7) is 5.88. The van der Waals surface area contributed by atoms with E-state index in [-0.39, 0.29) is 11.9 Å². The number of carbonyl (C=O) groups excluding carboxylic acids is 1. The van der Waals surface area contributed by atoms with Gasteiger partial charge in [0.15, 0.2) is 6.04 Å². The number of aromatic hydroxyl groups is 1. The number of phenolic OH excluding ortho intramolecular Hbond substituents is 1. The first kappa shape index (κ1) is 19.0. The topological polar surface area (TPSA) is 66.2 Å². The van der Waals surface area contributed by atoms with Crippen LogP contribution in [0.15, 0.2) is 48.5 Å².